The Hall–Kier alpha value is -3.13. The molecule has 0 radical (unpaired) electrons. The summed E-state index contributed by atoms with van der Waals surface area (Å²) in [6.07, 6.45) is 1.10. The average molecular weight is 364 g/mol. The van der Waals surface area contributed by atoms with Crippen molar-refractivity contribution in [2.45, 2.75) is 6.92 Å². The Balaban J connectivity index is 1.92. The second-order valence-electron chi connectivity index (χ2n) is 4.99. The zero-order valence-corrected chi connectivity index (χ0v) is 13.9. The highest BCUT2D eigenvalue weighted by molar-refractivity contribution is 6.30. The van der Waals surface area contributed by atoms with Crippen LogP contribution < -0.4 is 10.2 Å². The van der Waals surface area contributed by atoms with E-state index >= 15 is 0 Å². The van der Waals surface area contributed by atoms with Crippen molar-refractivity contribution in [1.29, 1.82) is 0 Å². The van der Waals surface area contributed by atoms with Crippen LogP contribution in [0.25, 0.3) is 0 Å². The third-order valence-corrected chi connectivity index (χ3v) is 3.35. The van der Waals surface area contributed by atoms with Crippen molar-refractivity contribution in [3.63, 3.8) is 0 Å². The first-order valence-electron chi connectivity index (χ1n) is 7.05. The molecule has 0 aromatic heterocycles. The molecule has 0 unspecified atom stereocenters. The predicted octanol–water partition coefficient (Wildman–Crippen LogP) is 2.79. The molecule has 1 amide bonds. The molecule has 130 valence electrons. The molecule has 0 aliphatic carbocycles. The van der Waals surface area contributed by atoms with Crippen LogP contribution in [-0.4, -0.2) is 28.8 Å². The summed E-state index contributed by atoms with van der Waals surface area (Å²) in [5, 5.41) is 24.5. The van der Waals surface area contributed by atoms with Crippen molar-refractivity contribution >= 4 is 29.4 Å². The van der Waals surface area contributed by atoms with Gasteiger partial charge < -0.3 is 9.84 Å². The number of ether oxygens (including phenoxy) is 1. The highest BCUT2D eigenvalue weighted by Crippen LogP contribution is 2.22. The van der Waals surface area contributed by atoms with Gasteiger partial charge in [-0.1, -0.05) is 11.6 Å². The summed E-state index contributed by atoms with van der Waals surface area (Å²) in [6.45, 7) is 1.52. The largest absolute Gasteiger partial charge is 0.507 e. The number of hydrogen-bond donors (Lipinski definition) is 2. The van der Waals surface area contributed by atoms with Gasteiger partial charge in [0.05, 0.1) is 11.1 Å². The van der Waals surface area contributed by atoms with Crippen molar-refractivity contribution in [2.24, 2.45) is 5.10 Å². The normalized spacial score (nSPS) is 10.6. The number of nitro benzene ring substituents is 1. The number of aromatic hydroxyl groups is 1. The van der Waals surface area contributed by atoms with Gasteiger partial charge in [0.2, 0.25) is 0 Å². The van der Waals surface area contributed by atoms with Gasteiger partial charge in [-0.15, -0.1) is 0 Å². The summed E-state index contributed by atoms with van der Waals surface area (Å²) in [5.41, 5.74) is 2.89. The van der Waals surface area contributed by atoms with Crippen LogP contribution in [0.2, 0.25) is 5.02 Å². The quantitative estimate of drug-likeness (QED) is 0.465. The second kappa shape index (κ2) is 8.11. The number of amides is 1. The Morgan fingerprint density at radius 1 is 1.40 bits per heavy atom. The lowest BCUT2D eigenvalue weighted by molar-refractivity contribution is -0.384. The molecule has 2 aromatic carbocycles. The number of benzene rings is 2. The van der Waals surface area contributed by atoms with Gasteiger partial charge in [-0.25, -0.2) is 5.43 Å². The van der Waals surface area contributed by atoms with Crippen LogP contribution in [0.4, 0.5) is 5.69 Å². The van der Waals surface area contributed by atoms with E-state index in [1.54, 1.807) is 25.1 Å². The maximum Gasteiger partial charge on any atom is 0.277 e. The van der Waals surface area contributed by atoms with E-state index in [2.05, 4.69) is 10.5 Å². The fourth-order valence-electron chi connectivity index (χ4n) is 1.88. The molecule has 2 N–H and O–H groups in total. The van der Waals surface area contributed by atoms with E-state index in [9.17, 15) is 20.0 Å². The average Bonchev–Trinajstić information content (AvgIpc) is 2.55. The lowest BCUT2D eigenvalue weighted by Crippen LogP contribution is -2.24. The number of nitro groups is 1. The van der Waals surface area contributed by atoms with Crippen LogP contribution in [-0.2, 0) is 4.79 Å². The minimum atomic E-state index is -0.600. The van der Waals surface area contributed by atoms with E-state index in [1.807, 2.05) is 0 Å². The maximum atomic E-state index is 11.7. The molecule has 0 fully saturated rings. The van der Waals surface area contributed by atoms with Crippen LogP contribution >= 0.6 is 11.6 Å². The van der Waals surface area contributed by atoms with Gasteiger partial charge in [0.1, 0.15) is 11.5 Å². The Morgan fingerprint density at radius 3 is 2.84 bits per heavy atom. The van der Waals surface area contributed by atoms with E-state index < -0.39 is 10.8 Å². The van der Waals surface area contributed by atoms with Gasteiger partial charge in [0, 0.05) is 22.7 Å². The number of aryl methyl sites for hydroxylation is 1. The van der Waals surface area contributed by atoms with Gasteiger partial charge in [-0.3, -0.25) is 14.9 Å². The predicted molar refractivity (Wildman–Crippen MR) is 92.2 cm³/mol. The molecule has 0 bridgehead atoms. The molecule has 8 nitrogen and oxygen atoms in total. The number of rotatable bonds is 6. The third kappa shape index (κ3) is 5.18. The molecular formula is C16H14ClN3O5. The fraction of sp³-hybridized carbons (Fsp3) is 0.125. The van der Waals surface area contributed by atoms with Crippen molar-refractivity contribution in [3.05, 3.63) is 62.7 Å². The zero-order chi connectivity index (χ0) is 18.4. The molecular weight excluding hydrogens is 350 g/mol. The molecule has 0 heterocycles. The van der Waals surface area contributed by atoms with Crippen LogP contribution in [0.5, 0.6) is 11.5 Å². The first-order valence-corrected chi connectivity index (χ1v) is 7.43. The Morgan fingerprint density at radius 2 is 2.16 bits per heavy atom. The molecule has 0 aliphatic rings. The number of phenolic OH excluding ortho intramolecular Hbond substituents is 1. The topological polar surface area (TPSA) is 114 Å². The van der Waals surface area contributed by atoms with Gasteiger partial charge in [-0.2, -0.15) is 5.10 Å². The number of halogens is 1. The number of non-ortho nitro benzene ring substituents is 1. The van der Waals surface area contributed by atoms with Gasteiger partial charge >= 0.3 is 0 Å². The number of hydrogen-bond acceptors (Lipinski definition) is 6. The van der Waals surface area contributed by atoms with Crippen LogP contribution in [0.15, 0.2) is 41.5 Å². The summed E-state index contributed by atoms with van der Waals surface area (Å²) in [7, 11) is 0. The Kier molecular flexibility index (Phi) is 5.91. The smallest absolute Gasteiger partial charge is 0.277 e. The maximum absolute atomic E-state index is 11.7. The number of phenols is 1. The number of carbonyl (C=O) groups is 1. The zero-order valence-electron chi connectivity index (χ0n) is 13.1. The second-order valence-corrected chi connectivity index (χ2v) is 5.43. The molecule has 0 spiro atoms. The third-order valence-electron chi connectivity index (χ3n) is 3.11. The van der Waals surface area contributed by atoms with E-state index in [0.717, 1.165) is 23.9 Å². The van der Waals surface area contributed by atoms with Crippen molar-refractivity contribution < 1.29 is 19.6 Å². The standard InChI is InChI=1S/C16H14ClN3O5/c1-10-6-12(17)2-5-15(10)25-9-16(22)19-18-8-11-7-13(20(23)24)3-4-14(11)21/h2-8,21H,9H2,1H3,(H,19,22). The Bertz CT molecular complexity index is 839. The van der Waals surface area contributed by atoms with Crippen LogP contribution in [0.3, 0.4) is 0 Å². The van der Waals surface area contributed by atoms with Crippen LogP contribution in [0.1, 0.15) is 11.1 Å². The van der Waals surface area contributed by atoms with E-state index in [-0.39, 0.29) is 23.6 Å². The molecule has 9 heteroatoms. The van der Waals surface area contributed by atoms with E-state index in [0.29, 0.717) is 10.8 Å². The van der Waals surface area contributed by atoms with Crippen molar-refractivity contribution in [3.8, 4) is 11.5 Å². The first kappa shape index (κ1) is 18.2. The van der Waals surface area contributed by atoms with E-state index in [4.69, 9.17) is 16.3 Å². The number of carbonyl (C=O) groups excluding carboxylic acids is 1. The minimum absolute atomic E-state index is 0.101. The molecule has 0 atom stereocenters. The molecule has 0 aliphatic heterocycles. The molecule has 0 saturated carbocycles. The lowest BCUT2D eigenvalue weighted by Gasteiger charge is -2.08. The molecule has 2 rings (SSSR count). The summed E-state index contributed by atoms with van der Waals surface area (Å²) in [5.74, 6) is -0.216. The number of hydrazone groups is 1. The number of nitrogens with one attached hydrogen (secondary N) is 1. The SMILES string of the molecule is Cc1cc(Cl)ccc1OCC(=O)NN=Cc1cc([N+](=O)[O-])ccc1O. The highest BCUT2D eigenvalue weighted by Gasteiger charge is 2.09. The van der Waals surface area contributed by atoms with Gasteiger partial charge in [0.25, 0.3) is 11.6 Å². The lowest BCUT2D eigenvalue weighted by atomic mass is 10.2. The van der Waals surface area contributed by atoms with Crippen molar-refractivity contribution in [2.75, 3.05) is 6.61 Å². The molecule has 0 saturated heterocycles. The summed E-state index contributed by atoms with van der Waals surface area (Å²) >= 11 is 5.83. The summed E-state index contributed by atoms with van der Waals surface area (Å²) in [4.78, 5) is 21.8. The van der Waals surface area contributed by atoms with Gasteiger partial charge in [-0.05, 0) is 36.8 Å². The van der Waals surface area contributed by atoms with Crippen LogP contribution in [0, 0.1) is 17.0 Å². The fourth-order valence-corrected chi connectivity index (χ4v) is 2.11. The molecule has 25 heavy (non-hydrogen) atoms. The summed E-state index contributed by atoms with van der Waals surface area (Å²) < 4.78 is 5.35. The monoisotopic (exact) mass is 363 g/mol. The minimum Gasteiger partial charge on any atom is -0.507 e. The first-order chi connectivity index (χ1) is 11.9. The van der Waals surface area contributed by atoms with Crippen molar-refractivity contribution in [1.82, 2.24) is 5.43 Å². The van der Waals surface area contributed by atoms with E-state index in [1.165, 1.54) is 6.07 Å². The molecule has 2 aromatic rings. The highest BCUT2D eigenvalue weighted by atomic mass is 35.5. The Labute approximate surface area is 147 Å². The number of nitrogens with zero attached hydrogens (tertiary/aromatic N) is 2. The van der Waals surface area contributed by atoms with Gasteiger partial charge in [0.15, 0.2) is 6.61 Å². The summed E-state index contributed by atoms with van der Waals surface area (Å²) in [6, 6.07) is 8.47.